The van der Waals surface area contributed by atoms with E-state index in [2.05, 4.69) is 9.82 Å². The highest BCUT2D eigenvalue weighted by Gasteiger charge is 2.25. The quantitative estimate of drug-likeness (QED) is 0.869. The number of nitrogens with zero attached hydrogens (tertiary/aromatic N) is 2. The molecule has 2 N–H and O–H groups in total. The minimum absolute atomic E-state index is 0.0185. The average Bonchev–Trinajstić information content (AvgIpc) is 2.87. The molecular formula is C11H13N3O4S2. The van der Waals surface area contributed by atoms with E-state index in [0.29, 0.717) is 11.4 Å². The molecule has 2 heterocycles. The summed E-state index contributed by atoms with van der Waals surface area (Å²) in [6.07, 6.45) is 0. The molecule has 9 heteroatoms. The lowest BCUT2D eigenvalue weighted by molar-refractivity contribution is -0.137. The van der Waals surface area contributed by atoms with E-state index in [1.807, 2.05) is 0 Å². The summed E-state index contributed by atoms with van der Waals surface area (Å²) >= 11 is 1.37. The van der Waals surface area contributed by atoms with Gasteiger partial charge < -0.3 is 5.11 Å². The molecule has 0 radical (unpaired) electrons. The smallest absolute Gasteiger partial charge is 0.325 e. The highest BCUT2D eigenvalue weighted by Crippen LogP contribution is 2.23. The van der Waals surface area contributed by atoms with E-state index in [-0.39, 0.29) is 17.1 Å². The lowest BCUT2D eigenvalue weighted by atomic mass is 10.4. The van der Waals surface area contributed by atoms with Crippen LogP contribution in [-0.4, -0.2) is 29.3 Å². The van der Waals surface area contributed by atoms with Crippen LogP contribution in [0, 0.1) is 13.8 Å². The molecule has 2 rings (SSSR count). The monoisotopic (exact) mass is 315 g/mol. The number of aliphatic carboxylic acids is 1. The van der Waals surface area contributed by atoms with Gasteiger partial charge in [0.1, 0.15) is 11.4 Å². The van der Waals surface area contributed by atoms with Crippen molar-refractivity contribution < 1.29 is 18.3 Å². The first kappa shape index (κ1) is 14.5. The molecule has 0 unspecified atom stereocenters. The predicted octanol–water partition coefficient (Wildman–Crippen LogP) is 1.45. The molecule has 0 aliphatic carbocycles. The average molecular weight is 315 g/mol. The molecule has 0 atom stereocenters. The maximum absolute atomic E-state index is 12.3. The highest BCUT2D eigenvalue weighted by molar-refractivity contribution is 7.92. The van der Waals surface area contributed by atoms with Crippen LogP contribution in [0.1, 0.15) is 11.4 Å². The third-order valence-corrected chi connectivity index (χ3v) is 4.96. The van der Waals surface area contributed by atoms with Gasteiger partial charge in [0.15, 0.2) is 0 Å². The van der Waals surface area contributed by atoms with Gasteiger partial charge in [-0.05, 0) is 25.3 Å². The lowest BCUT2D eigenvalue weighted by Crippen LogP contribution is -2.15. The van der Waals surface area contributed by atoms with Gasteiger partial charge in [-0.25, -0.2) is 8.42 Å². The third kappa shape index (κ3) is 2.83. The van der Waals surface area contributed by atoms with Gasteiger partial charge in [0, 0.05) is 5.38 Å². The van der Waals surface area contributed by atoms with E-state index in [4.69, 9.17) is 5.11 Å². The summed E-state index contributed by atoms with van der Waals surface area (Å²) in [6.45, 7) is 2.69. The van der Waals surface area contributed by atoms with Crippen LogP contribution in [0.15, 0.2) is 21.7 Å². The number of hydrogen-bond donors (Lipinski definition) is 2. The molecule has 0 bridgehead atoms. The van der Waals surface area contributed by atoms with Crippen molar-refractivity contribution in [1.82, 2.24) is 9.78 Å². The van der Waals surface area contributed by atoms with Gasteiger partial charge in [0.25, 0.3) is 10.0 Å². The van der Waals surface area contributed by atoms with Crippen molar-refractivity contribution in [3.05, 3.63) is 28.2 Å². The fraction of sp³-hybridized carbons (Fsp3) is 0.273. The number of thiophene rings is 1. The Bertz CT molecular complexity index is 732. The Morgan fingerprint density at radius 1 is 1.50 bits per heavy atom. The van der Waals surface area contributed by atoms with Crippen molar-refractivity contribution in [2.24, 2.45) is 0 Å². The van der Waals surface area contributed by atoms with Crippen molar-refractivity contribution in [3.63, 3.8) is 0 Å². The van der Waals surface area contributed by atoms with Gasteiger partial charge in [0.2, 0.25) is 0 Å². The Kier molecular flexibility index (Phi) is 3.82. The Morgan fingerprint density at radius 3 is 2.75 bits per heavy atom. The minimum atomic E-state index is -3.78. The number of nitrogens with one attached hydrogen (secondary N) is 1. The van der Waals surface area contributed by atoms with Gasteiger partial charge in [-0.15, -0.1) is 0 Å². The zero-order chi connectivity index (χ0) is 14.9. The number of carboxylic acids is 1. The zero-order valence-corrected chi connectivity index (χ0v) is 12.5. The molecular weight excluding hydrogens is 302 g/mol. The molecule has 0 saturated carbocycles. The van der Waals surface area contributed by atoms with E-state index in [1.54, 1.807) is 16.8 Å². The standard InChI is InChI=1S/C11H13N3O4S2/c1-7-11(8(2)14(12-7)5-10(15)16)20(17,18)13-9-3-4-19-6-9/h3-4,6,13H,5H2,1-2H3,(H,15,16). The molecule has 0 spiro atoms. The lowest BCUT2D eigenvalue weighted by Gasteiger charge is -2.06. The zero-order valence-electron chi connectivity index (χ0n) is 10.8. The maximum Gasteiger partial charge on any atom is 0.325 e. The SMILES string of the molecule is Cc1nn(CC(=O)O)c(C)c1S(=O)(=O)Nc1ccsc1. The molecule has 0 aromatic carbocycles. The van der Waals surface area contributed by atoms with Crippen LogP contribution < -0.4 is 4.72 Å². The van der Waals surface area contributed by atoms with E-state index >= 15 is 0 Å². The molecule has 2 aromatic heterocycles. The van der Waals surface area contributed by atoms with Gasteiger partial charge >= 0.3 is 5.97 Å². The van der Waals surface area contributed by atoms with Crippen LogP contribution in [0.4, 0.5) is 5.69 Å². The number of hydrogen-bond acceptors (Lipinski definition) is 5. The highest BCUT2D eigenvalue weighted by atomic mass is 32.2. The summed E-state index contributed by atoms with van der Waals surface area (Å²) in [4.78, 5) is 10.7. The van der Waals surface area contributed by atoms with Crippen LogP contribution in [0.3, 0.4) is 0 Å². The molecule has 7 nitrogen and oxygen atoms in total. The molecule has 2 aromatic rings. The molecule has 0 saturated heterocycles. The summed E-state index contributed by atoms with van der Waals surface area (Å²) in [6, 6.07) is 1.65. The van der Waals surface area contributed by atoms with Gasteiger partial charge in [-0.3, -0.25) is 14.2 Å². The number of aryl methyl sites for hydroxylation is 1. The summed E-state index contributed by atoms with van der Waals surface area (Å²) < 4.78 is 28.3. The number of anilines is 1. The number of aromatic nitrogens is 2. The minimum Gasteiger partial charge on any atom is -0.480 e. The van der Waals surface area contributed by atoms with E-state index < -0.39 is 16.0 Å². The second kappa shape index (κ2) is 5.25. The topological polar surface area (TPSA) is 101 Å². The summed E-state index contributed by atoms with van der Waals surface area (Å²) in [5.41, 5.74) is 1.04. The van der Waals surface area contributed by atoms with Crippen molar-refractivity contribution in [1.29, 1.82) is 0 Å². The molecule has 0 amide bonds. The summed E-state index contributed by atoms with van der Waals surface area (Å²) in [5.74, 6) is -1.08. The first-order valence-electron chi connectivity index (χ1n) is 5.62. The second-order valence-corrected chi connectivity index (χ2v) is 6.57. The largest absolute Gasteiger partial charge is 0.480 e. The number of carboxylic acid groups (broad SMARTS) is 1. The Balaban J connectivity index is 2.41. The first-order valence-corrected chi connectivity index (χ1v) is 8.04. The Morgan fingerprint density at radius 2 is 2.20 bits per heavy atom. The van der Waals surface area contributed by atoms with Crippen LogP contribution in [0.25, 0.3) is 0 Å². The van der Waals surface area contributed by atoms with E-state index in [9.17, 15) is 13.2 Å². The second-order valence-electron chi connectivity index (χ2n) is 4.17. The number of carbonyl (C=O) groups is 1. The third-order valence-electron chi connectivity index (χ3n) is 2.64. The molecule has 108 valence electrons. The van der Waals surface area contributed by atoms with Crippen LogP contribution in [0.2, 0.25) is 0 Å². The van der Waals surface area contributed by atoms with Crippen LogP contribution in [-0.2, 0) is 21.4 Å². The predicted molar refractivity (Wildman–Crippen MR) is 74.5 cm³/mol. The summed E-state index contributed by atoms with van der Waals surface area (Å²) in [7, 11) is -3.78. The Hall–Kier alpha value is -1.87. The van der Waals surface area contributed by atoms with E-state index in [1.165, 1.54) is 29.9 Å². The first-order chi connectivity index (χ1) is 9.31. The number of sulfonamides is 1. The molecule has 0 fully saturated rings. The molecule has 0 aliphatic heterocycles. The fourth-order valence-corrected chi connectivity index (χ4v) is 4.01. The summed E-state index contributed by atoms with van der Waals surface area (Å²) in [5, 5.41) is 16.2. The number of rotatable bonds is 5. The van der Waals surface area contributed by atoms with Gasteiger partial charge in [-0.1, -0.05) is 0 Å². The molecule has 0 aliphatic rings. The fourth-order valence-electron chi connectivity index (χ4n) is 1.88. The van der Waals surface area contributed by atoms with Crippen LogP contribution in [0.5, 0.6) is 0 Å². The van der Waals surface area contributed by atoms with E-state index in [0.717, 1.165) is 0 Å². The van der Waals surface area contributed by atoms with Crippen LogP contribution >= 0.6 is 11.3 Å². The van der Waals surface area contributed by atoms with Gasteiger partial charge in [0.05, 0.1) is 17.1 Å². The van der Waals surface area contributed by atoms with Crippen molar-refractivity contribution in [2.75, 3.05) is 4.72 Å². The van der Waals surface area contributed by atoms with Crippen molar-refractivity contribution in [3.8, 4) is 0 Å². The molecule has 20 heavy (non-hydrogen) atoms. The van der Waals surface area contributed by atoms with Crippen molar-refractivity contribution in [2.45, 2.75) is 25.3 Å². The van der Waals surface area contributed by atoms with Gasteiger partial charge in [-0.2, -0.15) is 16.4 Å². The maximum atomic E-state index is 12.3. The van der Waals surface area contributed by atoms with Crippen molar-refractivity contribution >= 4 is 33.0 Å². The Labute approximate surface area is 119 Å². The normalized spacial score (nSPS) is 11.5.